The standard InChI is InChI=1S/C60H39N3S/c1-4-17-44(18-5-1)61(56-29-16-26-53-52-25-12-15-30-59(52)64-60(53)56)47-36-42(40-31-33-50-48-23-10-13-27-54(48)62(57(50)38-40)45-19-6-2-7-20-45)35-43(37-47)41-32-34-51-49-24-11-14-28-55(49)63(58(51)39-41)46-21-8-3-9-22-46/h1-39H. The molecule has 3 heterocycles. The minimum atomic E-state index is 1.09. The van der Waals surface area contributed by atoms with Crippen molar-refractivity contribution in [1.82, 2.24) is 9.13 Å². The molecular formula is C60H39N3S. The number of benzene rings is 10. The molecule has 64 heavy (non-hydrogen) atoms. The van der Waals surface area contributed by atoms with E-state index in [0.29, 0.717) is 0 Å². The number of para-hydroxylation sites is 5. The first-order valence-corrected chi connectivity index (χ1v) is 22.7. The summed E-state index contributed by atoms with van der Waals surface area (Å²) in [6, 6.07) is 86.6. The average molecular weight is 834 g/mol. The van der Waals surface area contributed by atoms with Gasteiger partial charge in [0.25, 0.3) is 0 Å². The highest BCUT2D eigenvalue weighted by Crippen LogP contribution is 2.47. The fourth-order valence-electron chi connectivity index (χ4n) is 10.00. The monoisotopic (exact) mass is 833 g/mol. The van der Waals surface area contributed by atoms with Gasteiger partial charge in [0.2, 0.25) is 0 Å². The fraction of sp³-hybridized carbons (Fsp3) is 0. The zero-order valence-corrected chi connectivity index (χ0v) is 35.6. The quantitative estimate of drug-likeness (QED) is 0.156. The second kappa shape index (κ2) is 14.7. The molecule has 0 unspecified atom stereocenters. The number of anilines is 3. The predicted molar refractivity (Wildman–Crippen MR) is 274 cm³/mol. The Bertz CT molecular complexity index is 3720. The second-order valence-corrected chi connectivity index (χ2v) is 17.6. The molecule has 0 saturated heterocycles. The van der Waals surface area contributed by atoms with Crippen molar-refractivity contribution in [2.45, 2.75) is 0 Å². The molecule has 3 nitrogen and oxygen atoms in total. The van der Waals surface area contributed by atoms with Crippen LogP contribution in [0, 0.1) is 0 Å². The Morgan fingerprint density at radius 2 is 0.766 bits per heavy atom. The molecule has 0 radical (unpaired) electrons. The van der Waals surface area contributed by atoms with E-state index in [2.05, 4.69) is 251 Å². The van der Waals surface area contributed by atoms with E-state index >= 15 is 0 Å². The maximum atomic E-state index is 2.46. The van der Waals surface area contributed by atoms with Gasteiger partial charge in [-0.25, -0.2) is 0 Å². The third kappa shape index (κ3) is 5.81. The van der Waals surface area contributed by atoms with Crippen LogP contribution in [0.3, 0.4) is 0 Å². The van der Waals surface area contributed by atoms with Crippen LogP contribution < -0.4 is 4.90 Å². The molecule has 0 atom stereocenters. The number of aromatic nitrogens is 2. The van der Waals surface area contributed by atoms with E-state index in [1.165, 1.54) is 63.8 Å². The van der Waals surface area contributed by atoms with E-state index in [9.17, 15) is 0 Å². The van der Waals surface area contributed by atoms with Crippen LogP contribution in [-0.2, 0) is 0 Å². The highest BCUT2D eigenvalue weighted by molar-refractivity contribution is 7.26. The summed E-state index contributed by atoms with van der Waals surface area (Å²) in [4.78, 5) is 2.46. The van der Waals surface area contributed by atoms with Crippen LogP contribution in [0.2, 0.25) is 0 Å². The molecule has 0 spiro atoms. The van der Waals surface area contributed by atoms with Crippen molar-refractivity contribution < 1.29 is 0 Å². The Kier molecular flexibility index (Phi) is 8.40. The summed E-state index contributed by atoms with van der Waals surface area (Å²) >= 11 is 1.87. The van der Waals surface area contributed by atoms with Crippen molar-refractivity contribution in [3.05, 3.63) is 237 Å². The van der Waals surface area contributed by atoms with Crippen LogP contribution in [-0.4, -0.2) is 9.13 Å². The molecule has 0 aliphatic rings. The Balaban J connectivity index is 1.09. The lowest BCUT2D eigenvalue weighted by Crippen LogP contribution is -2.10. The summed E-state index contributed by atoms with van der Waals surface area (Å²) in [5.41, 5.74) is 15.0. The molecular weight excluding hydrogens is 795 g/mol. The first kappa shape index (κ1) is 36.5. The first-order chi connectivity index (χ1) is 31.7. The van der Waals surface area contributed by atoms with Crippen LogP contribution in [0.1, 0.15) is 0 Å². The molecule has 0 amide bonds. The van der Waals surface area contributed by atoms with Gasteiger partial charge in [-0.3, -0.25) is 0 Å². The van der Waals surface area contributed by atoms with Crippen molar-refractivity contribution >= 4 is 92.2 Å². The number of hydrogen-bond acceptors (Lipinski definition) is 2. The number of fused-ring (bicyclic) bond motifs is 9. The van der Waals surface area contributed by atoms with Gasteiger partial charge >= 0.3 is 0 Å². The third-order valence-corrected chi connectivity index (χ3v) is 14.1. The van der Waals surface area contributed by atoms with Gasteiger partial charge in [-0.05, 0) is 113 Å². The Morgan fingerprint density at radius 3 is 1.34 bits per heavy atom. The number of rotatable bonds is 7. The van der Waals surface area contributed by atoms with Crippen LogP contribution in [0.25, 0.3) is 97.4 Å². The van der Waals surface area contributed by atoms with E-state index < -0.39 is 0 Å². The van der Waals surface area contributed by atoms with Gasteiger partial charge in [-0.2, -0.15) is 0 Å². The largest absolute Gasteiger partial charge is 0.309 e. The van der Waals surface area contributed by atoms with Crippen LogP contribution in [0.4, 0.5) is 17.1 Å². The van der Waals surface area contributed by atoms with E-state index in [4.69, 9.17) is 0 Å². The van der Waals surface area contributed by atoms with Gasteiger partial charge in [0, 0.05) is 59.8 Å². The van der Waals surface area contributed by atoms with E-state index in [0.717, 1.165) is 50.7 Å². The fourth-order valence-corrected chi connectivity index (χ4v) is 11.2. The summed E-state index contributed by atoms with van der Waals surface area (Å²) in [5, 5.41) is 7.53. The Hall–Kier alpha value is -8.18. The summed E-state index contributed by atoms with van der Waals surface area (Å²) in [7, 11) is 0. The van der Waals surface area contributed by atoms with Crippen molar-refractivity contribution in [3.63, 3.8) is 0 Å². The minimum Gasteiger partial charge on any atom is -0.309 e. The van der Waals surface area contributed by atoms with Gasteiger partial charge in [0.1, 0.15) is 0 Å². The third-order valence-electron chi connectivity index (χ3n) is 12.9. The maximum Gasteiger partial charge on any atom is 0.0640 e. The zero-order valence-electron chi connectivity index (χ0n) is 34.8. The van der Waals surface area contributed by atoms with Crippen LogP contribution >= 0.6 is 11.3 Å². The SMILES string of the molecule is c1ccc(N(c2cc(-c3ccc4c5ccccc5n(-c5ccccc5)c4c3)cc(-c3ccc4c5ccccc5n(-c5ccccc5)c4c3)c2)c2cccc3c2sc2ccccc23)cc1. The second-order valence-electron chi connectivity index (χ2n) is 16.5. The molecule has 3 aromatic heterocycles. The van der Waals surface area contributed by atoms with Crippen molar-refractivity contribution in [3.8, 4) is 33.6 Å². The average Bonchev–Trinajstić information content (AvgIpc) is 4.03. The predicted octanol–water partition coefficient (Wildman–Crippen LogP) is 17.1. The Labute approximate surface area is 374 Å². The molecule has 13 aromatic rings. The first-order valence-electron chi connectivity index (χ1n) is 21.8. The Morgan fingerprint density at radius 1 is 0.297 bits per heavy atom. The van der Waals surface area contributed by atoms with E-state index in [-0.39, 0.29) is 0 Å². The molecule has 0 saturated carbocycles. The lowest BCUT2D eigenvalue weighted by atomic mass is 9.95. The molecule has 4 heteroatoms. The normalized spacial score (nSPS) is 11.8. The molecule has 0 bridgehead atoms. The number of hydrogen-bond donors (Lipinski definition) is 0. The molecule has 0 aliphatic heterocycles. The molecule has 300 valence electrons. The van der Waals surface area contributed by atoms with Gasteiger partial charge in [0.15, 0.2) is 0 Å². The smallest absolute Gasteiger partial charge is 0.0640 e. The van der Waals surface area contributed by atoms with Crippen molar-refractivity contribution in [1.29, 1.82) is 0 Å². The molecule has 0 aliphatic carbocycles. The van der Waals surface area contributed by atoms with Crippen LogP contribution in [0.15, 0.2) is 237 Å². The summed E-state index contributed by atoms with van der Waals surface area (Å²) in [5.74, 6) is 0. The highest BCUT2D eigenvalue weighted by atomic mass is 32.1. The number of nitrogens with zero attached hydrogens (tertiary/aromatic N) is 3. The van der Waals surface area contributed by atoms with Gasteiger partial charge in [-0.15, -0.1) is 11.3 Å². The van der Waals surface area contributed by atoms with E-state index in [1.54, 1.807) is 0 Å². The molecule has 0 N–H and O–H groups in total. The number of thiophene rings is 1. The lowest BCUT2D eigenvalue weighted by Gasteiger charge is -2.27. The topological polar surface area (TPSA) is 13.1 Å². The zero-order chi connectivity index (χ0) is 42.1. The minimum absolute atomic E-state index is 1.09. The van der Waals surface area contributed by atoms with Crippen LogP contribution in [0.5, 0.6) is 0 Å². The lowest BCUT2D eigenvalue weighted by molar-refractivity contribution is 1.18. The van der Waals surface area contributed by atoms with Crippen molar-refractivity contribution in [2.24, 2.45) is 0 Å². The maximum absolute atomic E-state index is 2.46. The van der Waals surface area contributed by atoms with Gasteiger partial charge < -0.3 is 14.0 Å². The summed E-state index contributed by atoms with van der Waals surface area (Å²) < 4.78 is 7.38. The highest BCUT2D eigenvalue weighted by Gasteiger charge is 2.21. The van der Waals surface area contributed by atoms with Gasteiger partial charge in [-0.1, -0.05) is 146 Å². The van der Waals surface area contributed by atoms with Crippen molar-refractivity contribution in [2.75, 3.05) is 4.90 Å². The van der Waals surface area contributed by atoms with E-state index in [1.807, 2.05) is 11.3 Å². The molecule has 13 rings (SSSR count). The summed E-state index contributed by atoms with van der Waals surface area (Å²) in [6.45, 7) is 0. The summed E-state index contributed by atoms with van der Waals surface area (Å²) in [6.07, 6.45) is 0. The molecule has 0 fully saturated rings. The molecule has 10 aromatic carbocycles. The van der Waals surface area contributed by atoms with Gasteiger partial charge in [0.05, 0.1) is 32.5 Å².